The van der Waals surface area contributed by atoms with Crippen molar-refractivity contribution in [1.29, 1.82) is 0 Å². The quantitative estimate of drug-likeness (QED) is 0.118. The third kappa shape index (κ3) is 14.0. The topological polar surface area (TPSA) is 52.6 Å². The number of carbonyl (C=O) groups excluding carboxylic acids is 2. The Morgan fingerprint density at radius 3 is 1.73 bits per heavy atom. The number of hydrogen-bond acceptors (Lipinski definition) is 4. The van der Waals surface area contributed by atoms with E-state index in [9.17, 15) is 22.8 Å². The van der Waals surface area contributed by atoms with Gasteiger partial charge in [-0.1, -0.05) is 77.6 Å². The van der Waals surface area contributed by atoms with Gasteiger partial charge in [0, 0.05) is 12.8 Å². The van der Waals surface area contributed by atoms with Crippen LogP contribution in [0.25, 0.3) is 0 Å². The van der Waals surface area contributed by atoms with Gasteiger partial charge in [0.25, 0.3) is 0 Å². The van der Waals surface area contributed by atoms with Crippen LogP contribution in [0, 0.1) is 17.5 Å². The average molecular weight is 473 g/mol. The van der Waals surface area contributed by atoms with Gasteiger partial charge in [-0.3, -0.25) is 9.59 Å². The van der Waals surface area contributed by atoms with E-state index in [2.05, 4.69) is 6.92 Å². The van der Waals surface area contributed by atoms with Crippen LogP contribution in [-0.4, -0.2) is 18.5 Å². The molecule has 33 heavy (non-hydrogen) atoms. The summed E-state index contributed by atoms with van der Waals surface area (Å²) in [6, 6.07) is 1.44. The van der Waals surface area contributed by atoms with Gasteiger partial charge in [0.2, 0.25) is 0 Å². The molecule has 4 nitrogen and oxygen atoms in total. The molecule has 1 aromatic rings. The maximum atomic E-state index is 13.5. The van der Waals surface area contributed by atoms with E-state index < -0.39 is 35.6 Å². The third-order valence-electron chi connectivity index (χ3n) is 5.54. The van der Waals surface area contributed by atoms with Gasteiger partial charge in [-0.2, -0.15) is 0 Å². The van der Waals surface area contributed by atoms with E-state index in [1.807, 2.05) is 0 Å². The lowest BCUT2D eigenvalue weighted by atomic mass is 10.1. The van der Waals surface area contributed by atoms with Crippen LogP contribution >= 0.6 is 0 Å². The Hall–Kier alpha value is -2.05. The largest absolute Gasteiger partial charge is 0.466 e. The molecule has 1 rings (SSSR count). The van der Waals surface area contributed by atoms with Crippen molar-refractivity contribution in [3.05, 3.63) is 35.1 Å². The van der Waals surface area contributed by atoms with Gasteiger partial charge in [-0.15, -0.1) is 0 Å². The zero-order valence-corrected chi connectivity index (χ0v) is 19.9. The highest BCUT2D eigenvalue weighted by molar-refractivity contribution is 5.72. The van der Waals surface area contributed by atoms with Gasteiger partial charge >= 0.3 is 11.9 Å². The Labute approximate surface area is 196 Å². The lowest BCUT2D eigenvalue weighted by molar-refractivity contribution is -0.146. The molecule has 0 saturated heterocycles. The van der Waals surface area contributed by atoms with Crippen LogP contribution in [-0.2, 0) is 25.7 Å². The summed E-state index contributed by atoms with van der Waals surface area (Å²) in [5, 5.41) is 0. The smallest absolute Gasteiger partial charge is 0.306 e. The highest BCUT2D eigenvalue weighted by Crippen LogP contribution is 2.17. The predicted octanol–water partition coefficient (Wildman–Crippen LogP) is 7.56. The maximum Gasteiger partial charge on any atom is 0.306 e. The second kappa shape index (κ2) is 18.4. The molecule has 0 spiro atoms. The number of benzene rings is 1. The van der Waals surface area contributed by atoms with E-state index in [1.54, 1.807) is 0 Å². The number of unbranched alkanes of at least 4 members (excludes halogenated alkanes) is 11. The molecule has 0 aliphatic rings. The molecular weight excluding hydrogens is 433 g/mol. The summed E-state index contributed by atoms with van der Waals surface area (Å²) < 4.78 is 50.1. The third-order valence-corrected chi connectivity index (χ3v) is 5.54. The number of halogens is 3. The molecule has 0 radical (unpaired) electrons. The van der Waals surface area contributed by atoms with Crippen molar-refractivity contribution in [3.8, 4) is 0 Å². The molecule has 0 aromatic heterocycles. The summed E-state index contributed by atoms with van der Waals surface area (Å²) in [6.45, 7) is 1.91. The van der Waals surface area contributed by atoms with Gasteiger partial charge in [-0.05, 0) is 25.0 Å². The van der Waals surface area contributed by atoms with Crippen molar-refractivity contribution >= 4 is 11.9 Å². The van der Waals surface area contributed by atoms with Crippen LogP contribution in [0.4, 0.5) is 13.2 Å². The molecule has 0 fully saturated rings. The van der Waals surface area contributed by atoms with Crippen molar-refractivity contribution in [3.63, 3.8) is 0 Å². The fourth-order valence-electron chi connectivity index (χ4n) is 3.50. The summed E-state index contributed by atoms with van der Waals surface area (Å²) in [4.78, 5) is 23.4. The molecule has 0 unspecified atom stereocenters. The molecule has 7 heteroatoms. The minimum absolute atomic E-state index is 0.0655. The van der Waals surface area contributed by atoms with Gasteiger partial charge < -0.3 is 9.47 Å². The van der Waals surface area contributed by atoms with E-state index in [-0.39, 0.29) is 25.2 Å². The molecule has 1 aromatic carbocycles. The second-order valence-corrected chi connectivity index (χ2v) is 8.45. The summed E-state index contributed by atoms with van der Waals surface area (Å²) >= 11 is 0. The second-order valence-electron chi connectivity index (χ2n) is 8.45. The van der Waals surface area contributed by atoms with Crippen LogP contribution in [0.3, 0.4) is 0 Å². The van der Waals surface area contributed by atoms with Gasteiger partial charge in [-0.25, -0.2) is 13.2 Å². The standard InChI is InChI=1S/C26H39F3O4/c1-2-3-4-5-6-7-8-9-10-11-12-13-19-32-24(30)15-14-16-25(31)33-20-21-22(27)17-18-23(28)26(21)29/h17-18H,2-16,19-20H2,1H3. The van der Waals surface area contributed by atoms with E-state index >= 15 is 0 Å². The number of ether oxygens (including phenoxy) is 2. The lowest BCUT2D eigenvalue weighted by Gasteiger charge is -2.08. The number of hydrogen-bond donors (Lipinski definition) is 0. The predicted molar refractivity (Wildman–Crippen MR) is 122 cm³/mol. The minimum atomic E-state index is -1.37. The minimum Gasteiger partial charge on any atom is -0.466 e. The first kappa shape index (κ1) is 29.0. The molecule has 188 valence electrons. The Bertz CT molecular complexity index is 694. The van der Waals surface area contributed by atoms with E-state index in [0.29, 0.717) is 12.7 Å². The Kier molecular flexibility index (Phi) is 16.1. The fourth-order valence-corrected chi connectivity index (χ4v) is 3.50. The van der Waals surface area contributed by atoms with Gasteiger partial charge in [0.15, 0.2) is 11.6 Å². The molecule has 0 amide bonds. The molecule has 0 bridgehead atoms. The van der Waals surface area contributed by atoms with Crippen molar-refractivity contribution in [1.82, 2.24) is 0 Å². The monoisotopic (exact) mass is 472 g/mol. The molecule has 0 aliphatic heterocycles. The molecule has 0 atom stereocenters. The average Bonchev–Trinajstić information content (AvgIpc) is 2.79. The van der Waals surface area contributed by atoms with Crippen molar-refractivity contribution in [2.24, 2.45) is 0 Å². The first-order chi connectivity index (χ1) is 16.0. The zero-order valence-electron chi connectivity index (χ0n) is 19.9. The van der Waals surface area contributed by atoms with Crippen LogP contribution in [0.15, 0.2) is 12.1 Å². The van der Waals surface area contributed by atoms with Crippen LogP contribution in [0.1, 0.15) is 109 Å². The first-order valence-electron chi connectivity index (χ1n) is 12.4. The molecule has 0 aliphatic carbocycles. The van der Waals surface area contributed by atoms with Crippen LogP contribution in [0.5, 0.6) is 0 Å². The lowest BCUT2D eigenvalue weighted by Crippen LogP contribution is -2.10. The number of rotatable bonds is 19. The molecule has 0 heterocycles. The SMILES string of the molecule is CCCCCCCCCCCCCCOC(=O)CCCC(=O)OCc1c(F)ccc(F)c1F. The summed E-state index contributed by atoms with van der Waals surface area (Å²) in [6.07, 6.45) is 15.0. The van der Waals surface area contributed by atoms with E-state index in [4.69, 9.17) is 9.47 Å². The zero-order chi connectivity index (χ0) is 24.3. The molecular formula is C26H39F3O4. The summed E-state index contributed by atoms with van der Waals surface area (Å²) in [5.74, 6) is -4.66. The van der Waals surface area contributed by atoms with E-state index in [1.165, 1.54) is 57.8 Å². The first-order valence-corrected chi connectivity index (χ1v) is 12.4. The van der Waals surface area contributed by atoms with Crippen molar-refractivity contribution in [2.75, 3.05) is 6.61 Å². The molecule has 0 N–H and O–H groups in total. The van der Waals surface area contributed by atoms with Crippen molar-refractivity contribution < 1.29 is 32.2 Å². The highest BCUT2D eigenvalue weighted by atomic mass is 19.2. The Balaban J connectivity index is 1.96. The summed E-state index contributed by atoms with van der Waals surface area (Å²) in [5.41, 5.74) is -0.634. The van der Waals surface area contributed by atoms with Gasteiger partial charge in [0.05, 0.1) is 12.2 Å². The van der Waals surface area contributed by atoms with Crippen molar-refractivity contribution in [2.45, 2.75) is 110 Å². The number of carbonyl (C=O) groups is 2. The van der Waals surface area contributed by atoms with Crippen LogP contribution < -0.4 is 0 Å². The summed E-state index contributed by atoms with van der Waals surface area (Å²) in [7, 11) is 0. The van der Waals surface area contributed by atoms with Crippen LogP contribution in [0.2, 0.25) is 0 Å². The van der Waals surface area contributed by atoms with E-state index in [0.717, 1.165) is 25.3 Å². The maximum absolute atomic E-state index is 13.5. The van der Waals surface area contributed by atoms with Gasteiger partial charge in [0.1, 0.15) is 12.4 Å². The Morgan fingerprint density at radius 1 is 0.667 bits per heavy atom. The molecule has 0 saturated carbocycles. The number of esters is 2. The normalized spacial score (nSPS) is 10.9. The highest BCUT2D eigenvalue weighted by Gasteiger charge is 2.16. The Morgan fingerprint density at radius 2 is 1.15 bits per heavy atom. The fraction of sp³-hybridized carbons (Fsp3) is 0.692.